The van der Waals surface area contributed by atoms with Crippen molar-refractivity contribution in [1.82, 2.24) is 15.0 Å². The van der Waals surface area contributed by atoms with Crippen molar-refractivity contribution in [2.24, 2.45) is 0 Å². The van der Waals surface area contributed by atoms with Crippen molar-refractivity contribution in [3.05, 3.63) is 33.8 Å². The maximum atomic E-state index is 12.1. The Bertz CT molecular complexity index is 648. The molecule has 0 saturated heterocycles. The van der Waals surface area contributed by atoms with Gasteiger partial charge in [-0.25, -0.2) is 4.98 Å². The number of aryl methyl sites for hydroxylation is 1. The van der Waals surface area contributed by atoms with Crippen LogP contribution in [0.15, 0.2) is 22.7 Å². The number of nitrogens with zero attached hydrogens (tertiary/aromatic N) is 3. The fourth-order valence-electron chi connectivity index (χ4n) is 1.42. The number of aromatic nitrogens is 3. The summed E-state index contributed by atoms with van der Waals surface area (Å²) in [5, 5.41) is 2.83. The van der Waals surface area contributed by atoms with Gasteiger partial charge in [0, 0.05) is 4.47 Å². The van der Waals surface area contributed by atoms with Crippen LogP contribution in [-0.2, 0) is 0 Å². The molecular formula is C11H7BrClF3N4O. The van der Waals surface area contributed by atoms with E-state index >= 15 is 0 Å². The number of benzene rings is 1. The van der Waals surface area contributed by atoms with E-state index in [1.54, 1.807) is 6.92 Å². The van der Waals surface area contributed by atoms with E-state index < -0.39 is 6.36 Å². The van der Waals surface area contributed by atoms with E-state index in [2.05, 4.69) is 40.9 Å². The van der Waals surface area contributed by atoms with Crippen LogP contribution in [0.25, 0.3) is 0 Å². The van der Waals surface area contributed by atoms with Gasteiger partial charge in [0.2, 0.25) is 11.2 Å². The van der Waals surface area contributed by atoms with Gasteiger partial charge in [0.05, 0.1) is 5.69 Å². The highest BCUT2D eigenvalue weighted by molar-refractivity contribution is 9.10. The van der Waals surface area contributed by atoms with Crippen LogP contribution in [0.5, 0.6) is 5.75 Å². The normalized spacial score (nSPS) is 11.3. The average Bonchev–Trinajstić information content (AvgIpc) is 2.29. The lowest BCUT2D eigenvalue weighted by molar-refractivity contribution is -0.274. The fraction of sp³-hybridized carbons (Fsp3) is 0.182. The third-order valence-corrected chi connectivity index (χ3v) is 2.97. The Balaban J connectivity index is 2.21. The fourth-order valence-corrected chi connectivity index (χ4v) is 2.08. The molecule has 10 heteroatoms. The van der Waals surface area contributed by atoms with Crippen molar-refractivity contribution in [1.29, 1.82) is 0 Å². The summed E-state index contributed by atoms with van der Waals surface area (Å²) in [6.07, 6.45) is -4.74. The lowest BCUT2D eigenvalue weighted by Crippen LogP contribution is -2.17. The largest absolute Gasteiger partial charge is 0.573 e. The minimum atomic E-state index is -4.74. The van der Waals surface area contributed by atoms with Gasteiger partial charge in [-0.2, -0.15) is 9.97 Å². The number of rotatable bonds is 3. The molecule has 0 aliphatic heterocycles. The molecule has 0 radical (unpaired) electrons. The molecule has 21 heavy (non-hydrogen) atoms. The van der Waals surface area contributed by atoms with Crippen molar-refractivity contribution in [2.45, 2.75) is 13.3 Å². The highest BCUT2D eigenvalue weighted by atomic mass is 79.9. The maximum Gasteiger partial charge on any atom is 0.573 e. The predicted molar refractivity (Wildman–Crippen MR) is 73.7 cm³/mol. The molecule has 5 nitrogen and oxygen atoms in total. The lowest BCUT2D eigenvalue weighted by Gasteiger charge is -2.11. The topological polar surface area (TPSA) is 59.9 Å². The molecule has 2 aromatic rings. The quantitative estimate of drug-likeness (QED) is 0.859. The highest BCUT2D eigenvalue weighted by Crippen LogP contribution is 2.31. The summed E-state index contributed by atoms with van der Waals surface area (Å²) in [4.78, 5) is 11.7. The summed E-state index contributed by atoms with van der Waals surface area (Å²) in [7, 11) is 0. The van der Waals surface area contributed by atoms with Crippen LogP contribution < -0.4 is 10.1 Å². The number of alkyl halides is 3. The highest BCUT2D eigenvalue weighted by Gasteiger charge is 2.31. The van der Waals surface area contributed by atoms with Crippen LogP contribution in [0.3, 0.4) is 0 Å². The van der Waals surface area contributed by atoms with Gasteiger partial charge in [-0.05, 0) is 52.7 Å². The maximum absolute atomic E-state index is 12.1. The first-order valence-electron chi connectivity index (χ1n) is 5.43. The molecule has 0 unspecified atom stereocenters. The SMILES string of the molecule is Cc1nc(Cl)nc(Nc2ccc(OC(F)(F)F)cc2Br)n1. The van der Waals surface area contributed by atoms with Gasteiger partial charge >= 0.3 is 6.36 Å². The van der Waals surface area contributed by atoms with E-state index in [1.165, 1.54) is 12.1 Å². The van der Waals surface area contributed by atoms with E-state index in [4.69, 9.17) is 11.6 Å². The molecule has 112 valence electrons. The van der Waals surface area contributed by atoms with Crippen molar-refractivity contribution >= 4 is 39.2 Å². The van der Waals surface area contributed by atoms with E-state index in [0.29, 0.717) is 16.0 Å². The van der Waals surface area contributed by atoms with Crippen LogP contribution in [0.1, 0.15) is 5.82 Å². The minimum Gasteiger partial charge on any atom is -0.406 e. The lowest BCUT2D eigenvalue weighted by atomic mass is 10.3. The number of halogens is 5. The first-order valence-corrected chi connectivity index (χ1v) is 6.60. The molecule has 0 amide bonds. The van der Waals surface area contributed by atoms with Crippen molar-refractivity contribution < 1.29 is 17.9 Å². The number of hydrogen-bond donors (Lipinski definition) is 1. The Morgan fingerprint density at radius 3 is 2.52 bits per heavy atom. The molecule has 1 heterocycles. The molecule has 1 aromatic heterocycles. The number of anilines is 2. The minimum absolute atomic E-state index is 0.0122. The molecule has 0 saturated carbocycles. The van der Waals surface area contributed by atoms with Crippen LogP contribution in [-0.4, -0.2) is 21.3 Å². The van der Waals surface area contributed by atoms with Gasteiger partial charge < -0.3 is 10.1 Å². The molecule has 0 aliphatic rings. The standard InChI is InChI=1S/C11H7BrClF3N4O/c1-5-17-9(13)20-10(18-5)19-8-3-2-6(4-7(8)12)21-11(14,15)16/h2-4H,1H3,(H,17,18,19,20). The third kappa shape index (κ3) is 4.71. The zero-order valence-corrected chi connectivity index (χ0v) is 12.7. The summed E-state index contributed by atoms with van der Waals surface area (Å²) in [5.74, 6) is 0.244. The second-order valence-corrected chi connectivity index (χ2v) is 4.98. The van der Waals surface area contributed by atoms with Crippen molar-refractivity contribution in [3.8, 4) is 5.75 Å². The first-order chi connectivity index (χ1) is 9.73. The monoisotopic (exact) mass is 382 g/mol. The van der Waals surface area contributed by atoms with Crippen molar-refractivity contribution in [2.75, 3.05) is 5.32 Å². The van der Waals surface area contributed by atoms with E-state index in [0.717, 1.165) is 6.07 Å². The summed E-state index contributed by atoms with van der Waals surface area (Å²) >= 11 is 8.83. The Labute approximate surface area is 130 Å². The molecular weight excluding hydrogens is 376 g/mol. The Morgan fingerprint density at radius 1 is 1.24 bits per heavy atom. The third-order valence-electron chi connectivity index (χ3n) is 2.14. The summed E-state index contributed by atoms with van der Waals surface area (Å²) < 4.78 is 40.5. The van der Waals surface area contributed by atoms with Crippen LogP contribution in [0, 0.1) is 6.92 Å². The molecule has 1 N–H and O–H groups in total. The first kappa shape index (κ1) is 15.8. The molecule has 0 bridgehead atoms. The summed E-state index contributed by atoms with van der Waals surface area (Å²) in [5.41, 5.74) is 0.450. The molecule has 0 spiro atoms. The van der Waals surface area contributed by atoms with Gasteiger partial charge in [0.15, 0.2) is 0 Å². The smallest absolute Gasteiger partial charge is 0.406 e. The second-order valence-electron chi connectivity index (χ2n) is 3.79. The van der Waals surface area contributed by atoms with E-state index in [1.807, 2.05) is 0 Å². The molecule has 1 aromatic carbocycles. The number of ether oxygens (including phenoxy) is 1. The molecule has 2 rings (SSSR count). The van der Waals surface area contributed by atoms with Gasteiger partial charge in [-0.3, -0.25) is 0 Å². The predicted octanol–water partition coefficient (Wildman–Crippen LogP) is 4.24. The molecule has 0 aliphatic carbocycles. The summed E-state index contributed by atoms with van der Waals surface area (Å²) in [6.45, 7) is 1.63. The zero-order chi connectivity index (χ0) is 15.6. The van der Waals surface area contributed by atoms with Gasteiger partial charge in [-0.15, -0.1) is 13.2 Å². The molecule has 0 fully saturated rings. The Morgan fingerprint density at radius 2 is 1.95 bits per heavy atom. The zero-order valence-electron chi connectivity index (χ0n) is 10.4. The Hall–Kier alpha value is -1.61. The van der Waals surface area contributed by atoms with Gasteiger partial charge in [-0.1, -0.05) is 0 Å². The van der Waals surface area contributed by atoms with Crippen LogP contribution >= 0.6 is 27.5 Å². The number of hydrogen-bond acceptors (Lipinski definition) is 5. The van der Waals surface area contributed by atoms with Crippen LogP contribution in [0.4, 0.5) is 24.8 Å². The van der Waals surface area contributed by atoms with Crippen LogP contribution in [0.2, 0.25) is 5.28 Å². The second kappa shape index (κ2) is 6.02. The summed E-state index contributed by atoms with van der Waals surface area (Å²) in [6, 6.07) is 3.72. The van der Waals surface area contributed by atoms with Gasteiger partial charge in [0.1, 0.15) is 11.6 Å². The van der Waals surface area contributed by atoms with E-state index in [9.17, 15) is 13.2 Å². The average molecular weight is 384 g/mol. The van der Waals surface area contributed by atoms with E-state index in [-0.39, 0.29) is 17.0 Å². The van der Waals surface area contributed by atoms with Crippen molar-refractivity contribution in [3.63, 3.8) is 0 Å². The Kier molecular flexibility index (Phi) is 4.52. The number of nitrogens with one attached hydrogen (secondary N) is 1. The molecule has 0 atom stereocenters. The van der Waals surface area contributed by atoms with Gasteiger partial charge in [0.25, 0.3) is 0 Å².